The van der Waals surface area contributed by atoms with Crippen LogP contribution >= 0.6 is 0 Å². The topological polar surface area (TPSA) is 20.2 Å². The van der Waals surface area contributed by atoms with Crippen LogP contribution in [0.25, 0.3) is 0 Å². The number of hydrogen-bond acceptors (Lipinski definition) is 1. The van der Waals surface area contributed by atoms with Crippen molar-refractivity contribution in [2.75, 3.05) is 6.61 Å². The molecule has 0 rings (SSSR count). The summed E-state index contributed by atoms with van der Waals surface area (Å²) >= 11 is 0. The summed E-state index contributed by atoms with van der Waals surface area (Å²) in [6.45, 7) is 7.77. The monoisotopic (exact) mass is 144 g/mol. The van der Waals surface area contributed by atoms with E-state index in [1.165, 1.54) is 25.7 Å². The number of rotatable bonds is 4. The molecule has 0 aliphatic rings. The molecule has 0 spiro atoms. The Kier molecular flexibility index (Phi) is 19.7. The van der Waals surface area contributed by atoms with Crippen molar-refractivity contribution in [2.24, 2.45) is 0 Å². The van der Waals surface area contributed by atoms with Gasteiger partial charge in [0.05, 0.1) is 0 Å². The molecule has 0 atom stereocenters. The van der Waals surface area contributed by atoms with Crippen LogP contribution in [0.4, 0.5) is 0 Å². The molecule has 0 unspecified atom stereocenters. The molecular weight excluding hydrogens is 124 g/mol. The van der Waals surface area contributed by atoms with E-state index in [-0.39, 0.29) is 6.61 Å². The molecule has 10 heavy (non-hydrogen) atoms. The maximum Gasteiger partial charge on any atom is 0.0402 e. The normalized spacial score (nSPS) is 7.90. The second-order valence-corrected chi connectivity index (χ2v) is 2.10. The van der Waals surface area contributed by atoms with Gasteiger partial charge in [0.25, 0.3) is 0 Å². The van der Waals surface area contributed by atoms with Gasteiger partial charge in [0.15, 0.2) is 0 Å². The van der Waals surface area contributed by atoms with Crippen molar-refractivity contribution >= 4 is 0 Å². The van der Waals surface area contributed by atoms with E-state index in [0.717, 1.165) is 0 Å². The molecular formula is C9H20O. The Morgan fingerprint density at radius 2 is 1.80 bits per heavy atom. The minimum absolute atomic E-state index is 0.250. The molecule has 0 bridgehead atoms. The quantitative estimate of drug-likeness (QED) is 0.475. The summed E-state index contributed by atoms with van der Waals surface area (Å²) in [7, 11) is 0. The Labute approximate surface area is 64.8 Å². The highest BCUT2D eigenvalue weighted by Gasteiger charge is 1.77. The smallest absolute Gasteiger partial charge is 0.0402 e. The summed E-state index contributed by atoms with van der Waals surface area (Å²) in [5.41, 5.74) is 0. The minimum Gasteiger partial charge on any atom is -0.397 e. The first-order chi connectivity index (χ1) is 4.83. The van der Waals surface area contributed by atoms with Crippen LogP contribution in [0.3, 0.4) is 0 Å². The molecule has 0 heterocycles. The highest BCUT2D eigenvalue weighted by atomic mass is 16.2. The lowest BCUT2D eigenvalue weighted by Gasteiger charge is -1.87. The Hall–Kier alpha value is -0.300. The number of hydrogen-bond donors (Lipinski definition) is 1. The third-order valence-corrected chi connectivity index (χ3v) is 1.01. The molecule has 0 aliphatic heterocycles. The number of aliphatic hydroxyl groups excluding tert-OH is 1. The third-order valence-electron chi connectivity index (χ3n) is 1.01. The fourth-order valence-corrected chi connectivity index (χ4v) is 0.539. The molecule has 1 N–H and O–H groups in total. The van der Waals surface area contributed by atoms with Crippen LogP contribution in [-0.2, 0) is 0 Å². The number of unbranched alkanes of at least 4 members (excludes halogenated alkanes) is 3. The van der Waals surface area contributed by atoms with Crippen molar-refractivity contribution in [1.82, 2.24) is 0 Å². The van der Waals surface area contributed by atoms with Crippen LogP contribution < -0.4 is 0 Å². The third kappa shape index (κ3) is 25.2. The van der Waals surface area contributed by atoms with Gasteiger partial charge in [-0.25, -0.2) is 0 Å². The van der Waals surface area contributed by atoms with E-state index in [2.05, 4.69) is 13.5 Å². The highest BCUT2D eigenvalue weighted by Crippen LogP contribution is 1.97. The van der Waals surface area contributed by atoms with Crippen LogP contribution in [0.5, 0.6) is 0 Å². The highest BCUT2D eigenvalue weighted by molar-refractivity contribution is 4.64. The Morgan fingerprint density at radius 3 is 2.10 bits per heavy atom. The molecule has 62 valence electrons. The van der Waals surface area contributed by atoms with Crippen LogP contribution in [0, 0.1) is 0 Å². The lowest BCUT2D eigenvalue weighted by Crippen LogP contribution is -1.67. The standard InChI is InChI=1S/C7H14.C2H6O/c1-3-5-7-6-4-2;1-2-3/h3H,1,4-7H2,2H3;3H,2H2,1H3. The van der Waals surface area contributed by atoms with Gasteiger partial charge in [-0.1, -0.05) is 25.8 Å². The summed E-state index contributed by atoms with van der Waals surface area (Å²) in [5.74, 6) is 0. The summed E-state index contributed by atoms with van der Waals surface area (Å²) in [5, 5.41) is 7.57. The van der Waals surface area contributed by atoms with Crippen LogP contribution in [0.15, 0.2) is 12.7 Å². The van der Waals surface area contributed by atoms with Gasteiger partial charge in [-0.2, -0.15) is 0 Å². The number of allylic oxidation sites excluding steroid dienone is 1. The number of aliphatic hydroxyl groups is 1. The van der Waals surface area contributed by atoms with E-state index in [0.29, 0.717) is 0 Å². The van der Waals surface area contributed by atoms with Gasteiger partial charge in [0.2, 0.25) is 0 Å². The fraction of sp³-hybridized carbons (Fsp3) is 0.778. The molecule has 1 heteroatoms. The van der Waals surface area contributed by atoms with E-state index in [1.54, 1.807) is 6.92 Å². The molecule has 0 aliphatic carbocycles. The van der Waals surface area contributed by atoms with Crippen molar-refractivity contribution in [1.29, 1.82) is 0 Å². The van der Waals surface area contributed by atoms with E-state index in [4.69, 9.17) is 5.11 Å². The van der Waals surface area contributed by atoms with Crippen molar-refractivity contribution in [3.8, 4) is 0 Å². The van der Waals surface area contributed by atoms with Crippen LogP contribution in [0.2, 0.25) is 0 Å². The van der Waals surface area contributed by atoms with E-state index in [9.17, 15) is 0 Å². The molecule has 0 saturated heterocycles. The second-order valence-electron chi connectivity index (χ2n) is 2.10. The zero-order chi connectivity index (χ0) is 8.24. The van der Waals surface area contributed by atoms with Crippen molar-refractivity contribution in [3.05, 3.63) is 12.7 Å². The Bertz CT molecular complexity index is 50.7. The van der Waals surface area contributed by atoms with Crippen molar-refractivity contribution in [2.45, 2.75) is 39.5 Å². The molecule has 0 aromatic heterocycles. The fourth-order valence-electron chi connectivity index (χ4n) is 0.539. The van der Waals surface area contributed by atoms with Gasteiger partial charge in [0.1, 0.15) is 0 Å². The molecule has 0 aromatic rings. The van der Waals surface area contributed by atoms with Gasteiger partial charge in [-0.15, -0.1) is 6.58 Å². The van der Waals surface area contributed by atoms with Gasteiger partial charge in [-0.3, -0.25) is 0 Å². The summed E-state index contributed by atoms with van der Waals surface area (Å²) in [6.07, 6.45) is 7.16. The van der Waals surface area contributed by atoms with Crippen molar-refractivity contribution < 1.29 is 5.11 Å². The molecule has 1 nitrogen and oxygen atoms in total. The predicted octanol–water partition coefficient (Wildman–Crippen LogP) is 2.75. The average Bonchev–Trinajstić information content (AvgIpc) is 1.91. The van der Waals surface area contributed by atoms with Crippen molar-refractivity contribution in [3.63, 3.8) is 0 Å². The van der Waals surface area contributed by atoms with Gasteiger partial charge < -0.3 is 5.11 Å². The first-order valence-corrected chi connectivity index (χ1v) is 4.05. The first kappa shape index (κ1) is 12.4. The molecule has 0 aromatic carbocycles. The zero-order valence-electron chi connectivity index (χ0n) is 7.27. The molecule has 0 fully saturated rings. The first-order valence-electron chi connectivity index (χ1n) is 4.05. The van der Waals surface area contributed by atoms with Gasteiger partial charge >= 0.3 is 0 Å². The lowest BCUT2D eigenvalue weighted by atomic mass is 10.2. The van der Waals surface area contributed by atoms with Gasteiger partial charge in [0, 0.05) is 6.61 Å². The van der Waals surface area contributed by atoms with Crippen LogP contribution in [-0.4, -0.2) is 11.7 Å². The van der Waals surface area contributed by atoms with E-state index in [1.807, 2.05) is 6.08 Å². The SMILES string of the molecule is C=CCCCCC.CCO. The van der Waals surface area contributed by atoms with Crippen LogP contribution in [0.1, 0.15) is 39.5 Å². The lowest BCUT2D eigenvalue weighted by molar-refractivity contribution is 0.318. The minimum atomic E-state index is 0.250. The average molecular weight is 144 g/mol. The largest absolute Gasteiger partial charge is 0.397 e. The zero-order valence-corrected chi connectivity index (χ0v) is 7.27. The second kappa shape index (κ2) is 15.9. The molecule has 0 radical (unpaired) electrons. The molecule has 0 saturated carbocycles. The maximum absolute atomic E-state index is 7.57. The molecule has 0 amide bonds. The predicted molar refractivity (Wildman–Crippen MR) is 47.1 cm³/mol. The van der Waals surface area contributed by atoms with Gasteiger partial charge in [-0.05, 0) is 19.8 Å². The Morgan fingerprint density at radius 1 is 1.30 bits per heavy atom. The summed E-state index contributed by atoms with van der Waals surface area (Å²) < 4.78 is 0. The van der Waals surface area contributed by atoms with E-state index < -0.39 is 0 Å². The maximum atomic E-state index is 7.57. The van der Waals surface area contributed by atoms with E-state index >= 15 is 0 Å². The summed E-state index contributed by atoms with van der Waals surface area (Å²) in [6, 6.07) is 0. The summed E-state index contributed by atoms with van der Waals surface area (Å²) in [4.78, 5) is 0. The Balaban J connectivity index is 0.